The first-order chi connectivity index (χ1) is 8.99. The van der Waals surface area contributed by atoms with Gasteiger partial charge in [0.2, 0.25) is 0 Å². The number of nitrogens with zero attached hydrogens (tertiary/aromatic N) is 2. The van der Waals surface area contributed by atoms with Gasteiger partial charge in [-0.3, -0.25) is 4.68 Å². The Morgan fingerprint density at radius 2 is 2.11 bits per heavy atom. The predicted octanol–water partition coefficient (Wildman–Crippen LogP) is 3.61. The first-order valence-electron chi connectivity index (χ1n) is 6.22. The minimum absolute atomic E-state index is 0.287. The van der Waals surface area contributed by atoms with Gasteiger partial charge < -0.3 is 5.73 Å². The van der Waals surface area contributed by atoms with E-state index in [2.05, 4.69) is 34.9 Å². The molecule has 2 rings (SSSR count). The summed E-state index contributed by atoms with van der Waals surface area (Å²) in [6.07, 6.45) is 2.43. The summed E-state index contributed by atoms with van der Waals surface area (Å²) in [5.74, 6) is -0.287. The Kier molecular flexibility index (Phi) is 4.37. The molecule has 2 aromatic rings. The smallest absolute Gasteiger partial charge is 0.129 e. The van der Waals surface area contributed by atoms with Crippen LogP contribution in [-0.4, -0.2) is 9.78 Å². The average molecular weight is 326 g/mol. The van der Waals surface area contributed by atoms with Crippen molar-refractivity contribution >= 4 is 15.9 Å². The van der Waals surface area contributed by atoms with Crippen LogP contribution in [0.4, 0.5) is 4.39 Å². The van der Waals surface area contributed by atoms with Crippen LogP contribution in [0.25, 0.3) is 0 Å². The molecule has 0 saturated heterocycles. The van der Waals surface area contributed by atoms with Gasteiger partial charge in [0.15, 0.2) is 0 Å². The lowest BCUT2D eigenvalue weighted by Gasteiger charge is -2.13. The maximum Gasteiger partial charge on any atom is 0.129 e. The molecule has 0 aliphatic heterocycles. The van der Waals surface area contributed by atoms with E-state index in [0.717, 1.165) is 5.69 Å². The lowest BCUT2D eigenvalue weighted by molar-refractivity contribution is 0.519. The summed E-state index contributed by atoms with van der Waals surface area (Å²) >= 11 is 3.34. The number of hydrogen-bond donors (Lipinski definition) is 1. The second-order valence-corrected chi connectivity index (χ2v) is 5.68. The van der Waals surface area contributed by atoms with Crippen LogP contribution in [-0.2, 0) is 6.42 Å². The molecular formula is C14H17BrFN3. The average Bonchev–Trinajstić information content (AvgIpc) is 2.77. The lowest BCUT2D eigenvalue weighted by atomic mass is 10.0. The van der Waals surface area contributed by atoms with E-state index >= 15 is 0 Å². The molecule has 102 valence electrons. The SMILES string of the molecule is CC(C)n1ccc(CC(N)c2c(F)cccc2Br)n1. The molecule has 0 bridgehead atoms. The molecule has 1 atom stereocenters. The van der Waals surface area contributed by atoms with Gasteiger partial charge in [0.25, 0.3) is 0 Å². The fourth-order valence-corrected chi connectivity index (χ4v) is 2.60. The van der Waals surface area contributed by atoms with Crippen LogP contribution in [0, 0.1) is 5.82 Å². The molecule has 1 aromatic heterocycles. The molecule has 0 fully saturated rings. The van der Waals surface area contributed by atoms with E-state index in [1.54, 1.807) is 12.1 Å². The third kappa shape index (κ3) is 3.22. The Balaban J connectivity index is 2.18. The number of rotatable bonds is 4. The first kappa shape index (κ1) is 14.2. The monoisotopic (exact) mass is 325 g/mol. The zero-order valence-corrected chi connectivity index (χ0v) is 12.6. The third-order valence-electron chi connectivity index (χ3n) is 2.99. The van der Waals surface area contributed by atoms with Crippen LogP contribution in [0.3, 0.4) is 0 Å². The molecule has 0 saturated carbocycles. The summed E-state index contributed by atoms with van der Waals surface area (Å²) in [6.45, 7) is 4.12. The molecule has 0 amide bonds. The molecule has 0 aliphatic carbocycles. The highest BCUT2D eigenvalue weighted by Gasteiger charge is 2.16. The van der Waals surface area contributed by atoms with E-state index in [1.165, 1.54) is 6.07 Å². The largest absolute Gasteiger partial charge is 0.323 e. The number of hydrogen-bond acceptors (Lipinski definition) is 2. The minimum atomic E-state index is -0.411. The van der Waals surface area contributed by atoms with Gasteiger partial charge in [0.1, 0.15) is 5.82 Å². The Morgan fingerprint density at radius 3 is 2.68 bits per heavy atom. The molecule has 5 heteroatoms. The summed E-state index contributed by atoms with van der Waals surface area (Å²) < 4.78 is 16.4. The Hall–Kier alpha value is -1.20. The zero-order chi connectivity index (χ0) is 14.0. The van der Waals surface area contributed by atoms with Gasteiger partial charge in [-0.1, -0.05) is 22.0 Å². The number of nitrogens with two attached hydrogens (primary N) is 1. The van der Waals surface area contributed by atoms with Gasteiger partial charge in [-0.15, -0.1) is 0 Å². The molecule has 0 aliphatic rings. The summed E-state index contributed by atoms with van der Waals surface area (Å²) in [4.78, 5) is 0. The van der Waals surface area contributed by atoms with Crippen LogP contribution >= 0.6 is 15.9 Å². The summed E-state index contributed by atoms with van der Waals surface area (Å²) in [7, 11) is 0. The molecule has 1 aromatic carbocycles. The Morgan fingerprint density at radius 1 is 1.37 bits per heavy atom. The quantitative estimate of drug-likeness (QED) is 0.933. The molecule has 1 unspecified atom stereocenters. The van der Waals surface area contributed by atoms with Crippen LogP contribution in [0.2, 0.25) is 0 Å². The van der Waals surface area contributed by atoms with Gasteiger partial charge >= 0.3 is 0 Å². The maximum absolute atomic E-state index is 13.8. The van der Waals surface area contributed by atoms with Crippen molar-refractivity contribution in [2.24, 2.45) is 5.73 Å². The summed E-state index contributed by atoms with van der Waals surface area (Å²) in [5.41, 5.74) is 7.47. The minimum Gasteiger partial charge on any atom is -0.323 e. The van der Waals surface area contributed by atoms with Crippen molar-refractivity contribution in [2.75, 3.05) is 0 Å². The van der Waals surface area contributed by atoms with Crippen molar-refractivity contribution in [2.45, 2.75) is 32.4 Å². The van der Waals surface area contributed by atoms with Gasteiger partial charge in [-0.05, 0) is 32.0 Å². The number of aromatic nitrogens is 2. The van der Waals surface area contributed by atoms with Crippen molar-refractivity contribution in [3.8, 4) is 0 Å². The highest BCUT2D eigenvalue weighted by Crippen LogP contribution is 2.26. The summed E-state index contributed by atoms with van der Waals surface area (Å²) in [6, 6.07) is 6.70. The molecule has 0 spiro atoms. The van der Waals surface area contributed by atoms with Gasteiger partial charge in [0.05, 0.1) is 5.69 Å². The first-order valence-corrected chi connectivity index (χ1v) is 7.02. The highest BCUT2D eigenvalue weighted by molar-refractivity contribution is 9.10. The molecular weight excluding hydrogens is 309 g/mol. The fraction of sp³-hybridized carbons (Fsp3) is 0.357. The van der Waals surface area contributed by atoms with E-state index in [1.807, 2.05) is 16.9 Å². The molecule has 0 radical (unpaired) electrons. The van der Waals surface area contributed by atoms with Crippen molar-refractivity contribution < 1.29 is 4.39 Å². The van der Waals surface area contributed by atoms with Gasteiger partial charge in [-0.25, -0.2) is 4.39 Å². The van der Waals surface area contributed by atoms with E-state index in [-0.39, 0.29) is 5.82 Å². The maximum atomic E-state index is 13.8. The van der Waals surface area contributed by atoms with Crippen LogP contribution in [0.5, 0.6) is 0 Å². The molecule has 1 heterocycles. The topological polar surface area (TPSA) is 43.8 Å². The van der Waals surface area contributed by atoms with Crippen molar-refractivity contribution in [3.63, 3.8) is 0 Å². The Bertz CT molecular complexity index is 545. The van der Waals surface area contributed by atoms with E-state index in [9.17, 15) is 4.39 Å². The van der Waals surface area contributed by atoms with Crippen molar-refractivity contribution in [1.29, 1.82) is 0 Å². The van der Waals surface area contributed by atoms with E-state index in [0.29, 0.717) is 22.5 Å². The highest BCUT2D eigenvalue weighted by atomic mass is 79.9. The normalized spacial score (nSPS) is 12.9. The van der Waals surface area contributed by atoms with E-state index < -0.39 is 6.04 Å². The van der Waals surface area contributed by atoms with Crippen molar-refractivity contribution in [3.05, 3.63) is 52.0 Å². The Labute approximate surface area is 120 Å². The molecule has 3 nitrogen and oxygen atoms in total. The molecule has 19 heavy (non-hydrogen) atoms. The van der Waals surface area contributed by atoms with E-state index in [4.69, 9.17) is 5.73 Å². The van der Waals surface area contributed by atoms with Gasteiger partial charge in [0, 0.05) is 34.7 Å². The second kappa shape index (κ2) is 5.84. The summed E-state index contributed by atoms with van der Waals surface area (Å²) in [5, 5.41) is 4.43. The second-order valence-electron chi connectivity index (χ2n) is 4.83. The predicted molar refractivity (Wildman–Crippen MR) is 77.3 cm³/mol. The van der Waals surface area contributed by atoms with Crippen LogP contribution < -0.4 is 5.73 Å². The lowest BCUT2D eigenvalue weighted by Crippen LogP contribution is -2.16. The zero-order valence-electron chi connectivity index (χ0n) is 11.0. The number of benzene rings is 1. The number of halogens is 2. The van der Waals surface area contributed by atoms with Crippen LogP contribution in [0.15, 0.2) is 34.9 Å². The van der Waals surface area contributed by atoms with Crippen molar-refractivity contribution in [1.82, 2.24) is 9.78 Å². The standard InChI is InChI=1S/C14H17BrFN3/c1-9(2)19-7-6-10(18-19)8-13(17)14-11(15)4-3-5-12(14)16/h3-7,9,13H,8,17H2,1-2H3. The van der Waals surface area contributed by atoms with Crippen LogP contribution in [0.1, 0.15) is 37.2 Å². The van der Waals surface area contributed by atoms with Gasteiger partial charge in [-0.2, -0.15) is 5.10 Å². The molecule has 2 N–H and O–H groups in total. The fourth-order valence-electron chi connectivity index (χ4n) is 1.97. The third-order valence-corrected chi connectivity index (χ3v) is 3.68.